The second-order valence-electron chi connectivity index (χ2n) is 5.83. The predicted octanol–water partition coefficient (Wildman–Crippen LogP) is 4.15. The highest BCUT2D eigenvalue weighted by molar-refractivity contribution is 14.0. The van der Waals surface area contributed by atoms with Gasteiger partial charge in [-0.25, -0.2) is 9.38 Å². The van der Waals surface area contributed by atoms with Gasteiger partial charge in [-0.3, -0.25) is 0 Å². The lowest BCUT2D eigenvalue weighted by Crippen LogP contribution is -2.37. The molecule has 2 aromatic rings. The van der Waals surface area contributed by atoms with Gasteiger partial charge in [0.2, 0.25) is 0 Å². The number of ether oxygens (including phenoxy) is 1. The van der Waals surface area contributed by atoms with Crippen molar-refractivity contribution in [2.75, 3.05) is 13.7 Å². The Hall–Kier alpha value is -1.67. The van der Waals surface area contributed by atoms with Crippen molar-refractivity contribution >= 4 is 29.9 Å². The molecule has 26 heavy (non-hydrogen) atoms. The summed E-state index contributed by atoms with van der Waals surface area (Å²) in [6.45, 7) is 6.30. The van der Waals surface area contributed by atoms with Gasteiger partial charge in [0.25, 0.3) is 0 Å². The summed E-state index contributed by atoms with van der Waals surface area (Å²) < 4.78 is 18.6. The molecule has 0 aromatic heterocycles. The Labute approximate surface area is 172 Å². The fourth-order valence-electron chi connectivity index (χ4n) is 2.52. The number of aliphatic imine (C=N–C) groups is 1. The molecule has 0 atom stereocenters. The smallest absolute Gasteiger partial charge is 0.191 e. The number of aryl methyl sites for hydroxylation is 1. The minimum absolute atomic E-state index is 0. The number of rotatable bonds is 7. The van der Waals surface area contributed by atoms with Crippen LogP contribution in [-0.2, 0) is 24.4 Å². The SMILES string of the molecule is CCNC(=NCc1ccc(F)c(C)c1)NCc1ccccc1COC.I. The van der Waals surface area contributed by atoms with Crippen LogP contribution in [-0.4, -0.2) is 19.6 Å². The number of methoxy groups -OCH3 is 1. The lowest BCUT2D eigenvalue weighted by Gasteiger charge is -2.14. The number of guanidine groups is 1. The Balaban J connectivity index is 0.00000338. The highest BCUT2D eigenvalue weighted by Gasteiger charge is 2.04. The van der Waals surface area contributed by atoms with E-state index in [9.17, 15) is 4.39 Å². The van der Waals surface area contributed by atoms with Crippen LogP contribution in [0.5, 0.6) is 0 Å². The van der Waals surface area contributed by atoms with Crippen molar-refractivity contribution in [3.63, 3.8) is 0 Å². The first kappa shape index (κ1) is 22.4. The molecule has 0 saturated carbocycles. The van der Waals surface area contributed by atoms with Gasteiger partial charge in [0, 0.05) is 20.2 Å². The van der Waals surface area contributed by atoms with E-state index in [1.165, 1.54) is 11.6 Å². The van der Waals surface area contributed by atoms with Crippen molar-refractivity contribution in [2.24, 2.45) is 4.99 Å². The quantitative estimate of drug-likeness (QED) is 0.362. The third kappa shape index (κ3) is 6.92. The first-order chi connectivity index (χ1) is 12.1. The van der Waals surface area contributed by atoms with Gasteiger partial charge in [0.05, 0.1) is 13.2 Å². The normalized spacial score (nSPS) is 11.0. The van der Waals surface area contributed by atoms with Crippen LogP contribution in [0.3, 0.4) is 0 Å². The lowest BCUT2D eigenvalue weighted by molar-refractivity contribution is 0.184. The molecule has 0 aliphatic carbocycles. The minimum atomic E-state index is -0.187. The van der Waals surface area contributed by atoms with E-state index < -0.39 is 0 Å². The molecule has 0 aliphatic heterocycles. The summed E-state index contributed by atoms with van der Waals surface area (Å²) in [4.78, 5) is 4.59. The van der Waals surface area contributed by atoms with Crippen LogP contribution in [0.1, 0.15) is 29.2 Å². The molecule has 6 heteroatoms. The fourth-order valence-corrected chi connectivity index (χ4v) is 2.52. The molecule has 0 bridgehead atoms. The molecule has 2 aromatic carbocycles. The number of benzene rings is 2. The van der Waals surface area contributed by atoms with Crippen LogP contribution in [0.25, 0.3) is 0 Å². The van der Waals surface area contributed by atoms with Crippen molar-refractivity contribution in [3.8, 4) is 0 Å². The Morgan fingerprint density at radius 3 is 2.50 bits per heavy atom. The zero-order valence-corrected chi connectivity index (χ0v) is 17.8. The largest absolute Gasteiger partial charge is 0.380 e. The van der Waals surface area contributed by atoms with Crippen LogP contribution in [0.15, 0.2) is 47.5 Å². The highest BCUT2D eigenvalue weighted by Crippen LogP contribution is 2.11. The first-order valence-corrected chi connectivity index (χ1v) is 8.47. The van der Waals surface area contributed by atoms with Crippen LogP contribution in [0.2, 0.25) is 0 Å². The van der Waals surface area contributed by atoms with Crippen LogP contribution in [0.4, 0.5) is 4.39 Å². The minimum Gasteiger partial charge on any atom is -0.380 e. The van der Waals surface area contributed by atoms with E-state index in [4.69, 9.17) is 4.74 Å². The Morgan fingerprint density at radius 2 is 1.85 bits per heavy atom. The summed E-state index contributed by atoms with van der Waals surface area (Å²) >= 11 is 0. The molecule has 0 heterocycles. The van der Waals surface area contributed by atoms with Gasteiger partial charge < -0.3 is 15.4 Å². The molecule has 0 aliphatic rings. The van der Waals surface area contributed by atoms with Gasteiger partial charge in [0.1, 0.15) is 5.82 Å². The lowest BCUT2D eigenvalue weighted by atomic mass is 10.1. The standard InChI is InChI=1S/C20H26FN3O.HI/c1-4-22-20(23-12-16-9-10-19(21)15(2)11-16)24-13-17-7-5-6-8-18(17)14-25-3;/h5-11H,4,12-14H2,1-3H3,(H2,22,23,24);1H. The van der Waals surface area contributed by atoms with E-state index in [-0.39, 0.29) is 29.8 Å². The second-order valence-corrected chi connectivity index (χ2v) is 5.83. The number of nitrogens with zero attached hydrogens (tertiary/aromatic N) is 1. The van der Waals surface area contributed by atoms with E-state index in [1.54, 1.807) is 20.1 Å². The van der Waals surface area contributed by atoms with Gasteiger partial charge in [0.15, 0.2) is 5.96 Å². The van der Waals surface area contributed by atoms with Crippen LogP contribution < -0.4 is 10.6 Å². The third-order valence-electron chi connectivity index (χ3n) is 3.85. The molecular weight excluding hydrogens is 444 g/mol. The van der Waals surface area contributed by atoms with Crippen molar-refractivity contribution in [1.82, 2.24) is 10.6 Å². The molecule has 2 N–H and O–H groups in total. The molecule has 0 unspecified atom stereocenters. The van der Waals surface area contributed by atoms with Crippen molar-refractivity contribution < 1.29 is 9.13 Å². The van der Waals surface area contributed by atoms with Gasteiger partial charge in [-0.1, -0.05) is 36.4 Å². The van der Waals surface area contributed by atoms with Crippen molar-refractivity contribution in [3.05, 3.63) is 70.5 Å². The summed E-state index contributed by atoms with van der Waals surface area (Å²) in [5.74, 6) is 0.546. The monoisotopic (exact) mass is 471 g/mol. The Morgan fingerprint density at radius 1 is 1.12 bits per heavy atom. The number of nitrogens with one attached hydrogen (secondary N) is 2. The van der Waals surface area contributed by atoms with Gasteiger partial charge in [-0.2, -0.15) is 0 Å². The topological polar surface area (TPSA) is 45.7 Å². The molecular formula is C20H27FIN3O. The van der Waals surface area contributed by atoms with Crippen molar-refractivity contribution in [2.45, 2.75) is 33.5 Å². The maximum absolute atomic E-state index is 13.4. The van der Waals surface area contributed by atoms with E-state index in [1.807, 2.05) is 25.1 Å². The second kappa shape index (κ2) is 11.9. The molecule has 0 fully saturated rings. The van der Waals surface area contributed by atoms with E-state index >= 15 is 0 Å². The first-order valence-electron chi connectivity index (χ1n) is 8.47. The summed E-state index contributed by atoms with van der Waals surface area (Å²) in [5, 5.41) is 6.58. The van der Waals surface area contributed by atoms with Gasteiger partial charge >= 0.3 is 0 Å². The summed E-state index contributed by atoms with van der Waals surface area (Å²) in [5.41, 5.74) is 3.95. The molecule has 0 amide bonds. The molecule has 2 rings (SSSR count). The summed E-state index contributed by atoms with van der Waals surface area (Å²) in [6.07, 6.45) is 0. The zero-order valence-electron chi connectivity index (χ0n) is 15.5. The average Bonchev–Trinajstić information content (AvgIpc) is 2.61. The van der Waals surface area contributed by atoms with Crippen molar-refractivity contribution in [1.29, 1.82) is 0 Å². The van der Waals surface area contributed by atoms with E-state index in [0.29, 0.717) is 25.3 Å². The highest BCUT2D eigenvalue weighted by atomic mass is 127. The Bertz CT molecular complexity index is 722. The summed E-state index contributed by atoms with van der Waals surface area (Å²) in [6, 6.07) is 13.2. The molecule has 0 radical (unpaired) electrons. The predicted molar refractivity (Wildman–Crippen MR) is 115 cm³/mol. The molecule has 142 valence electrons. The van der Waals surface area contributed by atoms with Crippen LogP contribution >= 0.6 is 24.0 Å². The van der Waals surface area contributed by atoms with E-state index in [0.717, 1.165) is 23.6 Å². The number of hydrogen-bond acceptors (Lipinski definition) is 2. The maximum Gasteiger partial charge on any atom is 0.191 e. The number of halogens is 2. The van der Waals surface area contributed by atoms with Gasteiger partial charge in [-0.05, 0) is 42.2 Å². The number of hydrogen-bond donors (Lipinski definition) is 2. The maximum atomic E-state index is 13.4. The third-order valence-corrected chi connectivity index (χ3v) is 3.85. The zero-order chi connectivity index (χ0) is 18.1. The molecule has 0 saturated heterocycles. The Kier molecular flexibility index (Phi) is 10.2. The average molecular weight is 471 g/mol. The molecule has 4 nitrogen and oxygen atoms in total. The fraction of sp³-hybridized carbons (Fsp3) is 0.350. The molecule has 0 spiro atoms. The van der Waals surface area contributed by atoms with Crippen LogP contribution in [0, 0.1) is 12.7 Å². The van der Waals surface area contributed by atoms with E-state index in [2.05, 4.69) is 27.8 Å². The summed E-state index contributed by atoms with van der Waals surface area (Å²) in [7, 11) is 1.69. The van der Waals surface area contributed by atoms with Gasteiger partial charge in [-0.15, -0.1) is 24.0 Å².